The van der Waals surface area contributed by atoms with Crippen molar-refractivity contribution in [2.75, 3.05) is 0 Å². The molecule has 0 bridgehead atoms. The molecule has 10 aromatic rings. The molecule has 4 nitrogen and oxygen atoms in total. The second-order valence-electron chi connectivity index (χ2n) is 11.8. The molecule has 0 saturated carbocycles. The highest BCUT2D eigenvalue weighted by molar-refractivity contribution is 7.25. The highest BCUT2D eigenvalue weighted by atomic mass is 32.1. The Labute approximate surface area is 274 Å². The first-order chi connectivity index (χ1) is 23.3. The molecule has 0 aliphatic rings. The molecule has 0 radical (unpaired) electrons. The van der Waals surface area contributed by atoms with E-state index in [1.54, 1.807) is 0 Å². The molecule has 5 heteroatoms. The third-order valence-corrected chi connectivity index (χ3v) is 10.3. The van der Waals surface area contributed by atoms with Gasteiger partial charge in [-0.25, -0.2) is 9.97 Å². The fourth-order valence-corrected chi connectivity index (χ4v) is 8.46. The van der Waals surface area contributed by atoms with Gasteiger partial charge in [0.15, 0.2) is 5.82 Å². The van der Waals surface area contributed by atoms with Gasteiger partial charge in [0.05, 0.1) is 11.0 Å². The van der Waals surface area contributed by atoms with Crippen molar-refractivity contribution in [1.82, 2.24) is 19.1 Å². The predicted octanol–water partition coefficient (Wildman–Crippen LogP) is 11.2. The number of hydrogen-bond donors (Lipinski definition) is 0. The standard InChI is InChI=1S/C42H26N4S/c1-3-13-28(14-4-1)45-35-20-9-7-17-31(35)39-34-26-27(41-43-23-12-24-44-41)25-33(40(34)46(42(39)45)29-15-5-2-6-16-29)30-19-11-22-37-38(30)32-18-8-10-21-36(32)47-37/h1-26H. The van der Waals surface area contributed by atoms with Crippen LogP contribution in [0.5, 0.6) is 0 Å². The van der Waals surface area contributed by atoms with Gasteiger partial charge in [-0.15, -0.1) is 11.3 Å². The fraction of sp³-hybridized carbons (Fsp3) is 0. The maximum atomic E-state index is 4.73. The second kappa shape index (κ2) is 10.2. The molecule has 47 heavy (non-hydrogen) atoms. The Hall–Kier alpha value is -6.04. The first kappa shape index (κ1) is 26.2. The minimum absolute atomic E-state index is 0.713. The molecule has 0 amide bonds. The number of benzene rings is 6. The summed E-state index contributed by atoms with van der Waals surface area (Å²) in [5.41, 5.74) is 9.06. The van der Waals surface area contributed by atoms with Gasteiger partial charge in [0.1, 0.15) is 5.65 Å². The summed E-state index contributed by atoms with van der Waals surface area (Å²) in [6.45, 7) is 0. The zero-order valence-corrected chi connectivity index (χ0v) is 26.0. The number of aromatic nitrogens is 4. The van der Waals surface area contributed by atoms with Gasteiger partial charge >= 0.3 is 0 Å². The molecule has 0 aliphatic carbocycles. The van der Waals surface area contributed by atoms with E-state index in [0.717, 1.165) is 28.1 Å². The van der Waals surface area contributed by atoms with Crippen molar-refractivity contribution in [2.24, 2.45) is 0 Å². The summed E-state index contributed by atoms with van der Waals surface area (Å²) < 4.78 is 7.45. The lowest BCUT2D eigenvalue weighted by atomic mass is 9.94. The zero-order chi connectivity index (χ0) is 30.9. The van der Waals surface area contributed by atoms with E-state index in [-0.39, 0.29) is 0 Å². The summed E-state index contributed by atoms with van der Waals surface area (Å²) in [7, 11) is 0. The third-order valence-electron chi connectivity index (χ3n) is 9.21. The average Bonchev–Trinajstić information content (AvgIpc) is 3.80. The van der Waals surface area contributed by atoms with Gasteiger partial charge in [-0.1, -0.05) is 84.9 Å². The third kappa shape index (κ3) is 3.87. The van der Waals surface area contributed by atoms with Crippen LogP contribution in [0.2, 0.25) is 0 Å². The monoisotopic (exact) mass is 618 g/mol. The summed E-state index contributed by atoms with van der Waals surface area (Å²) in [4.78, 5) is 9.46. The molecule has 0 saturated heterocycles. The van der Waals surface area contributed by atoms with Crippen LogP contribution in [0.1, 0.15) is 0 Å². The van der Waals surface area contributed by atoms with Gasteiger partial charge in [-0.2, -0.15) is 0 Å². The van der Waals surface area contributed by atoms with Gasteiger partial charge < -0.3 is 0 Å². The van der Waals surface area contributed by atoms with Crippen LogP contribution < -0.4 is 0 Å². The first-order valence-corrected chi connectivity index (χ1v) is 16.6. The lowest BCUT2D eigenvalue weighted by Crippen LogP contribution is -2.02. The molecule has 220 valence electrons. The van der Waals surface area contributed by atoms with Crippen molar-refractivity contribution >= 4 is 64.3 Å². The molecule has 0 unspecified atom stereocenters. The zero-order valence-electron chi connectivity index (χ0n) is 25.2. The number of thiophene rings is 1. The molecular formula is C42H26N4S. The van der Waals surface area contributed by atoms with Crippen LogP contribution in [0, 0.1) is 0 Å². The number of rotatable bonds is 4. The Morgan fingerprint density at radius 2 is 1.13 bits per heavy atom. The minimum Gasteiger partial charge on any atom is -0.295 e. The molecule has 4 aromatic heterocycles. The molecule has 10 rings (SSSR count). The van der Waals surface area contributed by atoms with Crippen molar-refractivity contribution in [3.05, 3.63) is 158 Å². The van der Waals surface area contributed by atoms with Crippen LogP contribution in [0.15, 0.2) is 158 Å². The number of hydrogen-bond acceptors (Lipinski definition) is 3. The average molecular weight is 619 g/mol. The molecule has 4 heterocycles. The van der Waals surface area contributed by atoms with E-state index in [0.29, 0.717) is 5.82 Å². The minimum atomic E-state index is 0.713. The highest BCUT2D eigenvalue weighted by Crippen LogP contribution is 2.48. The predicted molar refractivity (Wildman–Crippen MR) is 197 cm³/mol. The van der Waals surface area contributed by atoms with Crippen LogP contribution >= 0.6 is 11.3 Å². The van der Waals surface area contributed by atoms with Crippen molar-refractivity contribution in [2.45, 2.75) is 0 Å². The van der Waals surface area contributed by atoms with Crippen LogP contribution in [0.4, 0.5) is 0 Å². The van der Waals surface area contributed by atoms with E-state index in [9.17, 15) is 0 Å². The lowest BCUT2D eigenvalue weighted by molar-refractivity contribution is 1.07. The van der Waals surface area contributed by atoms with E-state index in [1.165, 1.54) is 52.9 Å². The molecule has 0 atom stereocenters. The molecule has 0 aliphatic heterocycles. The molecular weight excluding hydrogens is 593 g/mol. The molecule has 0 spiro atoms. The summed E-state index contributed by atoms with van der Waals surface area (Å²) in [5.74, 6) is 0.713. The number of fused-ring (bicyclic) bond motifs is 8. The van der Waals surface area contributed by atoms with Crippen LogP contribution in [0.25, 0.3) is 86.9 Å². The molecule has 0 fully saturated rings. The summed E-state index contributed by atoms with van der Waals surface area (Å²) >= 11 is 1.85. The van der Waals surface area contributed by atoms with Crippen LogP contribution in [-0.2, 0) is 0 Å². The molecule has 0 N–H and O–H groups in total. The van der Waals surface area contributed by atoms with Crippen molar-refractivity contribution in [3.8, 4) is 33.9 Å². The van der Waals surface area contributed by atoms with Crippen molar-refractivity contribution in [1.29, 1.82) is 0 Å². The first-order valence-electron chi connectivity index (χ1n) is 15.8. The normalized spacial score (nSPS) is 11.8. The van der Waals surface area contributed by atoms with Gasteiger partial charge in [0.25, 0.3) is 0 Å². The summed E-state index contributed by atoms with van der Waals surface area (Å²) in [6.07, 6.45) is 3.65. The topological polar surface area (TPSA) is 35.6 Å². The Balaban J connectivity index is 1.48. The maximum absolute atomic E-state index is 4.73. The van der Waals surface area contributed by atoms with Crippen LogP contribution in [-0.4, -0.2) is 19.1 Å². The fourth-order valence-electron chi connectivity index (χ4n) is 7.32. The largest absolute Gasteiger partial charge is 0.295 e. The van der Waals surface area contributed by atoms with Gasteiger partial charge in [0, 0.05) is 71.2 Å². The number of nitrogens with zero attached hydrogens (tertiary/aromatic N) is 4. The Kier molecular flexibility index (Phi) is 5.71. The second-order valence-corrected chi connectivity index (χ2v) is 12.9. The maximum Gasteiger partial charge on any atom is 0.159 e. The lowest BCUT2D eigenvalue weighted by Gasteiger charge is -2.16. The van der Waals surface area contributed by atoms with E-state index >= 15 is 0 Å². The van der Waals surface area contributed by atoms with E-state index in [1.807, 2.05) is 29.8 Å². The number of para-hydroxylation sites is 3. The van der Waals surface area contributed by atoms with Crippen molar-refractivity contribution < 1.29 is 0 Å². The SMILES string of the molecule is c1ccc(-n2c3ccccc3c3c4cc(-c5ncccn5)cc(-c5cccc6sc7ccccc7c56)c4n(-c4ccccc4)c32)cc1. The van der Waals surface area contributed by atoms with Crippen molar-refractivity contribution in [3.63, 3.8) is 0 Å². The Morgan fingerprint density at radius 1 is 0.468 bits per heavy atom. The van der Waals surface area contributed by atoms with Crippen LogP contribution in [0.3, 0.4) is 0 Å². The van der Waals surface area contributed by atoms with E-state index in [2.05, 4.69) is 149 Å². The summed E-state index contributed by atoms with van der Waals surface area (Å²) in [6, 6.07) is 52.2. The van der Waals surface area contributed by atoms with Gasteiger partial charge in [0.2, 0.25) is 0 Å². The smallest absolute Gasteiger partial charge is 0.159 e. The van der Waals surface area contributed by atoms with Gasteiger partial charge in [-0.3, -0.25) is 9.13 Å². The Morgan fingerprint density at radius 3 is 1.91 bits per heavy atom. The van der Waals surface area contributed by atoms with E-state index < -0.39 is 0 Å². The summed E-state index contributed by atoms with van der Waals surface area (Å²) in [5, 5.41) is 6.15. The molecule has 6 aromatic carbocycles. The van der Waals surface area contributed by atoms with E-state index in [4.69, 9.17) is 9.97 Å². The quantitative estimate of drug-likeness (QED) is 0.197. The Bertz CT molecular complexity index is 2770. The van der Waals surface area contributed by atoms with Gasteiger partial charge in [-0.05, 0) is 66.2 Å². The highest BCUT2D eigenvalue weighted by Gasteiger charge is 2.26.